The number of sulfonamides is 1. The lowest BCUT2D eigenvalue weighted by Gasteiger charge is -2.30. The number of para-hydroxylation sites is 1. The van der Waals surface area contributed by atoms with Crippen LogP contribution in [0.5, 0.6) is 0 Å². The third-order valence-electron chi connectivity index (χ3n) is 6.23. The molecule has 0 spiro atoms. The molecule has 3 aromatic carbocycles. The van der Waals surface area contributed by atoms with Crippen LogP contribution in [0.2, 0.25) is 0 Å². The van der Waals surface area contributed by atoms with E-state index >= 15 is 0 Å². The minimum Gasteiger partial charge on any atom is -0.478 e. The second kappa shape index (κ2) is 8.24. The lowest BCUT2D eigenvalue weighted by atomic mass is 10.0. The number of nitrogens with zero attached hydrogens (tertiary/aromatic N) is 2. The number of carbonyl (C=O) groups is 1. The molecule has 1 aliphatic rings. The summed E-state index contributed by atoms with van der Waals surface area (Å²) in [5.41, 5.74) is 0.248. The fraction of sp³-hybridized carbons (Fsp3) is 0.160. The number of aromatic nitrogens is 2. The lowest BCUT2D eigenvalue weighted by molar-refractivity contribution is 0.0699. The fourth-order valence-electron chi connectivity index (χ4n) is 4.53. The third-order valence-corrected chi connectivity index (χ3v) is 8.04. The van der Waals surface area contributed by atoms with Crippen LogP contribution < -0.4 is 15.6 Å². The van der Waals surface area contributed by atoms with Gasteiger partial charge in [-0.05, 0) is 61.2 Å². The molecule has 0 fully saturated rings. The SMILES string of the molecule is Cc1ccc(S(=O)(=O)N2CCCc3ccccc32)cc1-n1c(=O)[nH]c2cccc(C(=O)O)c2c1=O. The van der Waals surface area contributed by atoms with Crippen molar-refractivity contribution >= 4 is 32.6 Å². The van der Waals surface area contributed by atoms with E-state index < -0.39 is 27.2 Å². The van der Waals surface area contributed by atoms with Crippen molar-refractivity contribution in [2.45, 2.75) is 24.7 Å². The second-order valence-corrected chi connectivity index (χ2v) is 10.2. The van der Waals surface area contributed by atoms with Crippen LogP contribution in [-0.2, 0) is 16.4 Å². The maximum atomic E-state index is 13.6. The monoisotopic (exact) mass is 491 g/mol. The van der Waals surface area contributed by atoms with Gasteiger partial charge in [0.2, 0.25) is 0 Å². The number of carboxylic acid groups (broad SMARTS) is 1. The van der Waals surface area contributed by atoms with Crippen LogP contribution in [0.15, 0.2) is 75.1 Å². The van der Waals surface area contributed by atoms with Crippen molar-refractivity contribution in [1.82, 2.24) is 9.55 Å². The molecule has 0 aliphatic carbocycles. The van der Waals surface area contributed by atoms with E-state index in [9.17, 15) is 27.9 Å². The van der Waals surface area contributed by atoms with Gasteiger partial charge in [0.25, 0.3) is 15.6 Å². The van der Waals surface area contributed by atoms with Crippen LogP contribution in [0.1, 0.15) is 27.9 Å². The molecule has 9 nitrogen and oxygen atoms in total. The summed E-state index contributed by atoms with van der Waals surface area (Å²) < 4.78 is 29.4. The van der Waals surface area contributed by atoms with Gasteiger partial charge >= 0.3 is 11.7 Å². The first kappa shape index (κ1) is 22.6. The molecule has 178 valence electrons. The number of aromatic amines is 1. The Morgan fingerprint density at radius 1 is 1.00 bits per heavy atom. The van der Waals surface area contributed by atoms with Gasteiger partial charge in [-0.3, -0.25) is 9.10 Å². The summed E-state index contributed by atoms with van der Waals surface area (Å²) in [6.07, 6.45) is 1.44. The molecular weight excluding hydrogens is 470 g/mol. The molecule has 35 heavy (non-hydrogen) atoms. The number of aryl methyl sites for hydroxylation is 2. The molecule has 0 amide bonds. The number of nitrogens with one attached hydrogen (secondary N) is 1. The Balaban J connectivity index is 1.72. The number of hydrogen-bond acceptors (Lipinski definition) is 5. The summed E-state index contributed by atoms with van der Waals surface area (Å²) >= 11 is 0. The van der Waals surface area contributed by atoms with Crippen LogP contribution in [0, 0.1) is 6.92 Å². The van der Waals surface area contributed by atoms with Gasteiger partial charge in [-0.15, -0.1) is 0 Å². The van der Waals surface area contributed by atoms with E-state index in [0.717, 1.165) is 16.6 Å². The largest absolute Gasteiger partial charge is 0.478 e. The smallest absolute Gasteiger partial charge is 0.336 e. The first-order valence-electron chi connectivity index (χ1n) is 10.9. The highest BCUT2D eigenvalue weighted by Crippen LogP contribution is 2.32. The Morgan fingerprint density at radius 3 is 2.54 bits per heavy atom. The van der Waals surface area contributed by atoms with E-state index in [0.29, 0.717) is 24.2 Å². The molecule has 0 atom stereocenters. The Morgan fingerprint density at radius 2 is 1.77 bits per heavy atom. The molecular formula is C25H21N3O6S. The van der Waals surface area contributed by atoms with Gasteiger partial charge in [0.1, 0.15) is 0 Å². The molecule has 2 heterocycles. The van der Waals surface area contributed by atoms with E-state index in [1.165, 1.54) is 40.7 Å². The van der Waals surface area contributed by atoms with Gasteiger partial charge in [0, 0.05) is 6.54 Å². The van der Waals surface area contributed by atoms with E-state index in [2.05, 4.69) is 4.98 Å². The predicted octanol–water partition coefficient (Wildman–Crippen LogP) is 2.83. The van der Waals surface area contributed by atoms with Gasteiger partial charge in [-0.25, -0.2) is 22.6 Å². The van der Waals surface area contributed by atoms with Crippen molar-refractivity contribution in [1.29, 1.82) is 0 Å². The molecule has 0 saturated heterocycles. The Hall–Kier alpha value is -4.18. The van der Waals surface area contributed by atoms with Gasteiger partial charge in [0.15, 0.2) is 0 Å². The molecule has 0 radical (unpaired) electrons. The molecule has 10 heteroatoms. The zero-order valence-electron chi connectivity index (χ0n) is 18.7. The van der Waals surface area contributed by atoms with Crippen molar-refractivity contribution in [2.75, 3.05) is 10.8 Å². The van der Waals surface area contributed by atoms with E-state index in [4.69, 9.17) is 0 Å². The second-order valence-electron chi connectivity index (χ2n) is 8.36. The third kappa shape index (κ3) is 3.62. The minimum absolute atomic E-state index is 0.0599. The van der Waals surface area contributed by atoms with Crippen LogP contribution in [0.4, 0.5) is 5.69 Å². The average Bonchev–Trinajstić information content (AvgIpc) is 2.84. The first-order valence-corrected chi connectivity index (χ1v) is 12.4. The highest BCUT2D eigenvalue weighted by molar-refractivity contribution is 7.92. The Kier molecular flexibility index (Phi) is 5.32. The highest BCUT2D eigenvalue weighted by Gasteiger charge is 2.30. The van der Waals surface area contributed by atoms with Crippen molar-refractivity contribution in [2.24, 2.45) is 0 Å². The van der Waals surface area contributed by atoms with Gasteiger partial charge in [-0.1, -0.05) is 30.3 Å². The predicted molar refractivity (Wildman–Crippen MR) is 131 cm³/mol. The quantitative estimate of drug-likeness (QED) is 0.452. The van der Waals surface area contributed by atoms with Crippen molar-refractivity contribution in [3.05, 3.63) is 98.2 Å². The highest BCUT2D eigenvalue weighted by atomic mass is 32.2. The summed E-state index contributed by atoms with van der Waals surface area (Å²) in [4.78, 5) is 40.5. The summed E-state index contributed by atoms with van der Waals surface area (Å²) in [6, 6.07) is 15.7. The molecule has 0 unspecified atom stereocenters. The zero-order valence-corrected chi connectivity index (χ0v) is 19.5. The van der Waals surface area contributed by atoms with Gasteiger partial charge < -0.3 is 10.1 Å². The van der Waals surface area contributed by atoms with Crippen LogP contribution in [0.3, 0.4) is 0 Å². The summed E-state index contributed by atoms with van der Waals surface area (Å²) in [5.74, 6) is -1.32. The summed E-state index contributed by atoms with van der Waals surface area (Å²) in [6.45, 7) is 1.95. The fourth-order valence-corrected chi connectivity index (χ4v) is 6.09. The standard InChI is InChI=1S/C25H21N3O6S/c1-15-11-12-17(35(33,34)27-13-5-7-16-6-2-3-10-20(16)27)14-21(15)28-23(29)22-18(24(30)31)8-4-9-19(22)26-25(28)32/h2-4,6,8-12,14H,5,7,13H2,1H3,(H,26,32)(H,30,31). The summed E-state index contributed by atoms with van der Waals surface area (Å²) in [7, 11) is -4.00. The molecule has 1 aromatic heterocycles. The first-order chi connectivity index (χ1) is 16.7. The van der Waals surface area contributed by atoms with Crippen molar-refractivity contribution in [3.8, 4) is 5.69 Å². The number of anilines is 1. The zero-order chi connectivity index (χ0) is 24.9. The lowest BCUT2D eigenvalue weighted by Crippen LogP contribution is -2.36. The maximum absolute atomic E-state index is 13.6. The number of carboxylic acids is 1. The molecule has 2 N–H and O–H groups in total. The normalized spacial score (nSPS) is 13.6. The van der Waals surface area contributed by atoms with Crippen LogP contribution in [0.25, 0.3) is 16.6 Å². The van der Waals surface area contributed by atoms with E-state index in [1.54, 1.807) is 19.1 Å². The van der Waals surface area contributed by atoms with Crippen molar-refractivity contribution < 1.29 is 18.3 Å². The molecule has 1 aliphatic heterocycles. The minimum atomic E-state index is -4.00. The van der Waals surface area contributed by atoms with Crippen LogP contribution in [-0.4, -0.2) is 35.6 Å². The number of hydrogen-bond donors (Lipinski definition) is 2. The number of aromatic carboxylic acids is 1. The number of fused-ring (bicyclic) bond motifs is 2. The number of rotatable bonds is 4. The van der Waals surface area contributed by atoms with E-state index in [-0.39, 0.29) is 27.0 Å². The van der Waals surface area contributed by atoms with Gasteiger partial charge in [-0.2, -0.15) is 0 Å². The molecule has 0 saturated carbocycles. The van der Waals surface area contributed by atoms with Crippen molar-refractivity contribution in [3.63, 3.8) is 0 Å². The van der Waals surface area contributed by atoms with Crippen LogP contribution >= 0.6 is 0 Å². The molecule has 0 bridgehead atoms. The Labute approximate surface area is 199 Å². The average molecular weight is 492 g/mol. The van der Waals surface area contributed by atoms with Gasteiger partial charge in [0.05, 0.1) is 32.7 Å². The Bertz CT molecular complexity index is 1740. The van der Waals surface area contributed by atoms with E-state index in [1.807, 2.05) is 12.1 Å². The number of benzene rings is 3. The topological polar surface area (TPSA) is 130 Å². The molecule has 5 rings (SSSR count). The number of H-pyrrole nitrogens is 1. The summed E-state index contributed by atoms with van der Waals surface area (Å²) in [5, 5.41) is 9.37. The molecule has 4 aromatic rings. The maximum Gasteiger partial charge on any atom is 0.336 e.